The van der Waals surface area contributed by atoms with Crippen molar-refractivity contribution in [1.82, 2.24) is 15.1 Å². The number of carbonyl (C=O) groups excluding carboxylic acids is 1. The lowest BCUT2D eigenvalue weighted by Crippen LogP contribution is -2.35. The molecule has 1 saturated carbocycles. The summed E-state index contributed by atoms with van der Waals surface area (Å²) in [4.78, 5) is 22.8. The highest BCUT2D eigenvalue weighted by molar-refractivity contribution is 5.88. The summed E-state index contributed by atoms with van der Waals surface area (Å²) in [5.74, 6) is -1.08. The fourth-order valence-electron chi connectivity index (χ4n) is 2.61. The molecule has 0 radical (unpaired) electrons. The van der Waals surface area contributed by atoms with Crippen molar-refractivity contribution >= 4 is 17.7 Å². The van der Waals surface area contributed by atoms with Crippen LogP contribution in [0.3, 0.4) is 0 Å². The normalized spacial score (nSPS) is 21.6. The second kappa shape index (κ2) is 6.40. The van der Waals surface area contributed by atoms with Crippen LogP contribution in [0, 0.1) is 11.8 Å². The van der Waals surface area contributed by atoms with E-state index in [9.17, 15) is 9.59 Å². The van der Waals surface area contributed by atoms with E-state index >= 15 is 0 Å². The SMILES string of the molecule is CCn1cc(NC(=O)NCC2CCCC2C(=O)O)cn1. The van der Waals surface area contributed by atoms with E-state index in [-0.39, 0.29) is 17.9 Å². The number of nitrogens with zero attached hydrogens (tertiary/aromatic N) is 2. The standard InChI is InChI=1S/C13H20N4O3/c1-2-17-8-10(7-15-17)16-13(20)14-6-9-4-3-5-11(9)12(18)19/h7-9,11H,2-6H2,1H3,(H,18,19)(H2,14,16,20). The van der Waals surface area contributed by atoms with Gasteiger partial charge in [-0.1, -0.05) is 6.42 Å². The van der Waals surface area contributed by atoms with Gasteiger partial charge in [0.15, 0.2) is 0 Å². The van der Waals surface area contributed by atoms with Crippen LogP contribution in [0.5, 0.6) is 0 Å². The van der Waals surface area contributed by atoms with Crippen LogP contribution in [0.1, 0.15) is 26.2 Å². The Bertz CT molecular complexity index is 486. The zero-order chi connectivity index (χ0) is 14.5. The molecule has 2 amide bonds. The van der Waals surface area contributed by atoms with Crippen LogP contribution in [0.2, 0.25) is 0 Å². The summed E-state index contributed by atoms with van der Waals surface area (Å²) in [6.45, 7) is 3.10. The van der Waals surface area contributed by atoms with E-state index in [1.807, 2.05) is 6.92 Å². The van der Waals surface area contributed by atoms with Gasteiger partial charge in [0.2, 0.25) is 0 Å². The number of aryl methyl sites for hydroxylation is 1. The Labute approximate surface area is 117 Å². The lowest BCUT2D eigenvalue weighted by molar-refractivity contribution is -0.142. The Kier molecular flexibility index (Phi) is 4.60. The van der Waals surface area contributed by atoms with Gasteiger partial charge in [-0.05, 0) is 25.7 Å². The van der Waals surface area contributed by atoms with Crippen LogP contribution >= 0.6 is 0 Å². The van der Waals surface area contributed by atoms with E-state index in [4.69, 9.17) is 5.11 Å². The average molecular weight is 280 g/mol. The topological polar surface area (TPSA) is 96.2 Å². The molecule has 1 fully saturated rings. The fourth-order valence-corrected chi connectivity index (χ4v) is 2.61. The van der Waals surface area contributed by atoms with Gasteiger partial charge < -0.3 is 15.7 Å². The first-order valence-electron chi connectivity index (χ1n) is 6.90. The molecule has 0 saturated heterocycles. The number of urea groups is 1. The zero-order valence-electron chi connectivity index (χ0n) is 11.5. The number of nitrogens with one attached hydrogen (secondary N) is 2. The highest BCUT2D eigenvalue weighted by Crippen LogP contribution is 2.31. The third-order valence-corrected chi connectivity index (χ3v) is 3.72. The fraction of sp³-hybridized carbons (Fsp3) is 0.615. The van der Waals surface area contributed by atoms with Gasteiger partial charge in [0.05, 0.1) is 17.8 Å². The van der Waals surface area contributed by atoms with Crippen molar-refractivity contribution in [2.45, 2.75) is 32.7 Å². The number of carboxylic acid groups (broad SMARTS) is 1. The van der Waals surface area contributed by atoms with Crippen molar-refractivity contribution < 1.29 is 14.7 Å². The van der Waals surface area contributed by atoms with Crippen molar-refractivity contribution in [3.63, 3.8) is 0 Å². The number of anilines is 1. The quantitative estimate of drug-likeness (QED) is 0.762. The number of amides is 2. The molecule has 0 bridgehead atoms. The highest BCUT2D eigenvalue weighted by atomic mass is 16.4. The van der Waals surface area contributed by atoms with Crippen molar-refractivity contribution in [2.75, 3.05) is 11.9 Å². The lowest BCUT2D eigenvalue weighted by atomic mass is 9.96. The molecule has 2 unspecified atom stereocenters. The Hall–Kier alpha value is -2.05. The first kappa shape index (κ1) is 14.4. The van der Waals surface area contributed by atoms with Gasteiger partial charge in [-0.3, -0.25) is 9.48 Å². The number of carbonyl (C=O) groups is 2. The maximum atomic E-state index is 11.7. The maximum absolute atomic E-state index is 11.7. The number of rotatable bonds is 5. The van der Waals surface area contributed by atoms with Gasteiger partial charge in [-0.25, -0.2) is 4.79 Å². The number of carboxylic acids is 1. The summed E-state index contributed by atoms with van der Waals surface area (Å²) in [5, 5.41) is 18.6. The Morgan fingerprint density at radius 1 is 1.50 bits per heavy atom. The molecule has 1 aliphatic rings. The van der Waals surface area contributed by atoms with Crippen LogP contribution in [0.25, 0.3) is 0 Å². The predicted molar refractivity (Wildman–Crippen MR) is 73.4 cm³/mol. The molecule has 1 aromatic heterocycles. The molecule has 3 N–H and O–H groups in total. The molecule has 0 aliphatic heterocycles. The first-order valence-corrected chi connectivity index (χ1v) is 6.90. The molecule has 1 heterocycles. The molecule has 2 atom stereocenters. The molecular weight excluding hydrogens is 260 g/mol. The average Bonchev–Trinajstić information content (AvgIpc) is 3.04. The Balaban J connectivity index is 1.78. The molecule has 1 aliphatic carbocycles. The van der Waals surface area contributed by atoms with Gasteiger partial charge in [-0.2, -0.15) is 5.10 Å². The monoisotopic (exact) mass is 280 g/mol. The third-order valence-electron chi connectivity index (χ3n) is 3.72. The first-order chi connectivity index (χ1) is 9.60. The highest BCUT2D eigenvalue weighted by Gasteiger charge is 2.32. The molecule has 7 nitrogen and oxygen atoms in total. The molecule has 0 spiro atoms. The van der Waals surface area contributed by atoms with Crippen LogP contribution in [-0.2, 0) is 11.3 Å². The number of hydrogen-bond acceptors (Lipinski definition) is 3. The second-order valence-electron chi connectivity index (χ2n) is 5.06. The zero-order valence-corrected chi connectivity index (χ0v) is 11.5. The van der Waals surface area contributed by atoms with Gasteiger partial charge in [0, 0.05) is 19.3 Å². The van der Waals surface area contributed by atoms with Gasteiger partial charge in [-0.15, -0.1) is 0 Å². The summed E-state index contributed by atoms with van der Waals surface area (Å²) in [7, 11) is 0. The molecule has 0 aromatic carbocycles. The van der Waals surface area contributed by atoms with Gasteiger partial charge in [0.25, 0.3) is 0 Å². The minimum absolute atomic E-state index is 0.0246. The van der Waals surface area contributed by atoms with Crippen molar-refractivity contribution in [3.8, 4) is 0 Å². The van der Waals surface area contributed by atoms with E-state index in [0.29, 0.717) is 18.7 Å². The van der Waals surface area contributed by atoms with E-state index in [0.717, 1.165) is 19.4 Å². The van der Waals surface area contributed by atoms with Crippen LogP contribution in [0.4, 0.5) is 10.5 Å². The van der Waals surface area contributed by atoms with Crippen molar-refractivity contribution in [1.29, 1.82) is 0 Å². The molecule has 110 valence electrons. The largest absolute Gasteiger partial charge is 0.481 e. The predicted octanol–water partition coefficient (Wildman–Crippen LogP) is 1.53. The number of aliphatic carboxylic acids is 1. The molecule has 20 heavy (non-hydrogen) atoms. The van der Waals surface area contributed by atoms with Gasteiger partial charge in [0.1, 0.15) is 0 Å². The lowest BCUT2D eigenvalue weighted by Gasteiger charge is -2.16. The van der Waals surface area contributed by atoms with Crippen molar-refractivity contribution in [2.24, 2.45) is 11.8 Å². The van der Waals surface area contributed by atoms with Crippen LogP contribution in [-0.4, -0.2) is 33.4 Å². The van der Waals surface area contributed by atoms with Crippen molar-refractivity contribution in [3.05, 3.63) is 12.4 Å². The van der Waals surface area contributed by atoms with E-state index in [2.05, 4.69) is 15.7 Å². The number of hydrogen-bond donors (Lipinski definition) is 3. The summed E-state index contributed by atoms with van der Waals surface area (Å²) in [5.41, 5.74) is 0.630. The summed E-state index contributed by atoms with van der Waals surface area (Å²) in [6, 6.07) is -0.323. The van der Waals surface area contributed by atoms with E-state index in [1.54, 1.807) is 17.1 Å². The van der Waals surface area contributed by atoms with E-state index in [1.165, 1.54) is 0 Å². The smallest absolute Gasteiger partial charge is 0.319 e. The summed E-state index contributed by atoms with van der Waals surface area (Å²) < 4.78 is 1.72. The Morgan fingerprint density at radius 3 is 2.95 bits per heavy atom. The second-order valence-corrected chi connectivity index (χ2v) is 5.06. The van der Waals surface area contributed by atoms with Crippen LogP contribution in [0.15, 0.2) is 12.4 Å². The minimum atomic E-state index is -0.765. The molecule has 1 aromatic rings. The van der Waals surface area contributed by atoms with E-state index < -0.39 is 5.97 Å². The molecule has 7 heteroatoms. The van der Waals surface area contributed by atoms with Crippen LogP contribution < -0.4 is 10.6 Å². The van der Waals surface area contributed by atoms with Gasteiger partial charge >= 0.3 is 12.0 Å². The molecular formula is C13H20N4O3. The summed E-state index contributed by atoms with van der Waals surface area (Å²) in [6.07, 6.45) is 5.79. The third kappa shape index (κ3) is 3.49. The summed E-state index contributed by atoms with van der Waals surface area (Å²) >= 11 is 0. The minimum Gasteiger partial charge on any atom is -0.481 e. The maximum Gasteiger partial charge on any atom is 0.319 e. The Morgan fingerprint density at radius 2 is 2.30 bits per heavy atom. The number of aromatic nitrogens is 2. The molecule has 2 rings (SSSR count).